The van der Waals surface area contributed by atoms with Crippen LogP contribution < -0.4 is 5.43 Å². The molecule has 21 heavy (non-hydrogen) atoms. The minimum atomic E-state index is -0.278. The summed E-state index contributed by atoms with van der Waals surface area (Å²) >= 11 is 0. The number of amides is 1. The molecule has 5 nitrogen and oxygen atoms in total. The van der Waals surface area contributed by atoms with Gasteiger partial charge in [0.25, 0.3) is 5.91 Å². The summed E-state index contributed by atoms with van der Waals surface area (Å²) in [4.78, 5) is 12.1. The van der Waals surface area contributed by atoms with Gasteiger partial charge in [0, 0.05) is 11.6 Å². The van der Waals surface area contributed by atoms with Crippen LogP contribution in [0, 0.1) is 0 Å². The minimum Gasteiger partial charge on any atom is -0.281 e. The van der Waals surface area contributed by atoms with Gasteiger partial charge < -0.3 is 0 Å². The van der Waals surface area contributed by atoms with E-state index < -0.39 is 0 Å². The number of hydrogen-bond acceptors (Lipinski definition) is 3. The summed E-state index contributed by atoms with van der Waals surface area (Å²) in [7, 11) is 0. The van der Waals surface area contributed by atoms with Gasteiger partial charge in [-0.25, -0.2) is 5.43 Å². The van der Waals surface area contributed by atoms with Crippen molar-refractivity contribution in [1.29, 1.82) is 0 Å². The summed E-state index contributed by atoms with van der Waals surface area (Å²) < 4.78 is 0. The zero-order chi connectivity index (χ0) is 14.7. The normalized spacial score (nSPS) is 15.0. The summed E-state index contributed by atoms with van der Waals surface area (Å²) in [6.07, 6.45) is 3.10. The number of nitrogens with zero attached hydrogens (tertiary/aromatic N) is 2. The number of hydrogen-bond donors (Lipinski definition) is 2. The van der Waals surface area contributed by atoms with Gasteiger partial charge in [0.2, 0.25) is 0 Å². The highest BCUT2D eigenvalue weighted by molar-refractivity contribution is 6.01. The Balaban J connectivity index is 1.69. The Hall–Kier alpha value is -2.43. The second-order valence-electron chi connectivity index (χ2n) is 5.20. The number of aromatic amines is 1. The molecular formula is C16H18N4O. The topological polar surface area (TPSA) is 70.1 Å². The second-order valence-corrected chi connectivity index (χ2v) is 5.20. The van der Waals surface area contributed by atoms with E-state index in [1.54, 1.807) is 0 Å². The van der Waals surface area contributed by atoms with Crippen LogP contribution in [0.1, 0.15) is 53.8 Å². The number of hydrazone groups is 1. The Labute approximate surface area is 123 Å². The standard InChI is InChI=1S/C16H18N4O/c1-2-13(11-6-4-3-5-7-11)17-20-16(21)15-10-14(18-19-15)12-8-9-12/h3-7,10,12H,2,8-9H2,1H3,(H,18,19)(H,20,21)/b17-13-. The van der Waals surface area contributed by atoms with Gasteiger partial charge in [-0.2, -0.15) is 10.2 Å². The van der Waals surface area contributed by atoms with Gasteiger partial charge in [0.1, 0.15) is 0 Å². The maximum Gasteiger partial charge on any atom is 0.291 e. The molecule has 1 aliphatic rings. The summed E-state index contributed by atoms with van der Waals surface area (Å²) in [6, 6.07) is 11.6. The molecule has 1 aromatic carbocycles. The van der Waals surface area contributed by atoms with Crippen LogP contribution in [0.25, 0.3) is 0 Å². The van der Waals surface area contributed by atoms with Crippen LogP contribution in [0.2, 0.25) is 0 Å². The van der Waals surface area contributed by atoms with Crippen molar-refractivity contribution in [2.75, 3.05) is 0 Å². The van der Waals surface area contributed by atoms with E-state index in [1.165, 1.54) is 12.8 Å². The van der Waals surface area contributed by atoms with E-state index in [0.29, 0.717) is 11.6 Å². The number of rotatable bonds is 5. The van der Waals surface area contributed by atoms with Crippen LogP contribution >= 0.6 is 0 Å². The van der Waals surface area contributed by atoms with E-state index in [-0.39, 0.29) is 5.91 Å². The summed E-state index contributed by atoms with van der Waals surface area (Å²) in [5.41, 5.74) is 5.89. The van der Waals surface area contributed by atoms with Gasteiger partial charge in [0.05, 0.1) is 5.71 Å². The number of benzene rings is 1. The first kappa shape index (κ1) is 13.5. The van der Waals surface area contributed by atoms with E-state index in [9.17, 15) is 4.79 Å². The SMILES string of the molecule is CC/C(=N/NC(=O)c1cc(C2CC2)[nH]n1)c1ccccc1. The summed E-state index contributed by atoms with van der Waals surface area (Å²) in [5.74, 6) is 0.276. The molecule has 1 aliphatic carbocycles. The molecule has 1 amide bonds. The van der Waals surface area contributed by atoms with Crippen LogP contribution in [0.15, 0.2) is 41.5 Å². The van der Waals surface area contributed by atoms with E-state index in [4.69, 9.17) is 0 Å². The smallest absolute Gasteiger partial charge is 0.281 e. The first-order chi connectivity index (χ1) is 10.3. The average molecular weight is 282 g/mol. The third kappa shape index (κ3) is 3.18. The van der Waals surface area contributed by atoms with Gasteiger partial charge in [-0.1, -0.05) is 37.3 Å². The molecule has 1 heterocycles. The van der Waals surface area contributed by atoms with Crippen molar-refractivity contribution in [3.63, 3.8) is 0 Å². The molecule has 0 aliphatic heterocycles. The largest absolute Gasteiger partial charge is 0.291 e. The molecular weight excluding hydrogens is 264 g/mol. The van der Waals surface area contributed by atoms with Crippen molar-refractivity contribution < 1.29 is 4.79 Å². The van der Waals surface area contributed by atoms with Gasteiger partial charge in [-0.05, 0) is 30.9 Å². The molecule has 0 bridgehead atoms. The van der Waals surface area contributed by atoms with E-state index in [2.05, 4.69) is 20.7 Å². The minimum absolute atomic E-state index is 0.278. The van der Waals surface area contributed by atoms with Crippen LogP contribution in [-0.2, 0) is 0 Å². The molecule has 0 saturated heterocycles. The van der Waals surface area contributed by atoms with Crippen molar-refractivity contribution in [3.8, 4) is 0 Å². The van der Waals surface area contributed by atoms with Crippen LogP contribution in [0.4, 0.5) is 0 Å². The lowest BCUT2D eigenvalue weighted by atomic mass is 10.1. The molecule has 1 saturated carbocycles. The molecule has 3 rings (SSSR count). The number of nitrogens with one attached hydrogen (secondary N) is 2. The van der Waals surface area contributed by atoms with Crippen molar-refractivity contribution in [1.82, 2.24) is 15.6 Å². The third-order valence-electron chi connectivity index (χ3n) is 3.58. The van der Waals surface area contributed by atoms with Crippen molar-refractivity contribution in [3.05, 3.63) is 53.3 Å². The van der Waals surface area contributed by atoms with E-state index in [1.807, 2.05) is 43.3 Å². The maximum absolute atomic E-state index is 12.1. The Morgan fingerprint density at radius 1 is 1.38 bits per heavy atom. The fraction of sp³-hybridized carbons (Fsp3) is 0.312. The highest BCUT2D eigenvalue weighted by Gasteiger charge is 2.26. The lowest BCUT2D eigenvalue weighted by molar-refractivity contribution is 0.0950. The van der Waals surface area contributed by atoms with Crippen molar-refractivity contribution in [2.24, 2.45) is 5.10 Å². The summed E-state index contributed by atoms with van der Waals surface area (Å²) in [6.45, 7) is 2.01. The predicted molar refractivity (Wildman–Crippen MR) is 81.3 cm³/mol. The van der Waals surface area contributed by atoms with Crippen molar-refractivity contribution >= 4 is 11.6 Å². The lowest BCUT2D eigenvalue weighted by Gasteiger charge is -2.03. The summed E-state index contributed by atoms with van der Waals surface area (Å²) in [5, 5.41) is 11.2. The van der Waals surface area contributed by atoms with Crippen molar-refractivity contribution in [2.45, 2.75) is 32.1 Å². The Morgan fingerprint density at radius 2 is 2.14 bits per heavy atom. The maximum atomic E-state index is 12.1. The Morgan fingerprint density at radius 3 is 2.81 bits per heavy atom. The lowest BCUT2D eigenvalue weighted by Crippen LogP contribution is -2.20. The zero-order valence-electron chi connectivity index (χ0n) is 12.0. The fourth-order valence-electron chi connectivity index (χ4n) is 2.21. The zero-order valence-corrected chi connectivity index (χ0v) is 12.0. The van der Waals surface area contributed by atoms with Gasteiger partial charge >= 0.3 is 0 Å². The molecule has 0 radical (unpaired) electrons. The molecule has 108 valence electrons. The molecule has 1 aromatic heterocycles. The van der Waals surface area contributed by atoms with Crippen LogP contribution in [0.5, 0.6) is 0 Å². The molecule has 2 aromatic rings. The number of carbonyl (C=O) groups excluding carboxylic acids is 1. The van der Waals surface area contributed by atoms with E-state index in [0.717, 1.165) is 23.4 Å². The fourth-order valence-corrected chi connectivity index (χ4v) is 2.21. The number of aromatic nitrogens is 2. The Bertz CT molecular complexity index is 656. The van der Waals surface area contributed by atoms with Gasteiger partial charge in [-0.3, -0.25) is 9.89 Å². The molecule has 0 unspecified atom stereocenters. The van der Waals surface area contributed by atoms with E-state index >= 15 is 0 Å². The average Bonchev–Trinajstić information content (AvgIpc) is 3.26. The van der Waals surface area contributed by atoms with Crippen LogP contribution in [-0.4, -0.2) is 21.8 Å². The quantitative estimate of drug-likeness (QED) is 0.654. The van der Waals surface area contributed by atoms with Gasteiger partial charge in [0.15, 0.2) is 5.69 Å². The number of H-pyrrole nitrogens is 1. The number of carbonyl (C=O) groups is 1. The monoisotopic (exact) mass is 282 g/mol. The second kappa shape index (κ2) is 5.91. The first-order valence-corrected chi connectivity index (χ1v) is 7.25. The highest BCUT2D eigenvalue weighted by atomic mass is 16.2. The molecule has 0 spiro atoms. The predicted octanol–water partition coefficient (Wildman–Crippen LogP) is 2.83. The first-order valence-electron chi connectivity index (χ1n) is 7.25. The van der Waals surface area contributed by atoms with Crippen LogP contribution in [0.3, 0.4) is 0 Å². The van der Waals surface area contributed by atoms with Gasteiger partial charge in [-0.15, -0.1) is 0 Å². The third-order valence-corrected chi connectivity index (χ3v) is 3.58. The molecule has 2 N–H and O–H groups in total. The molecule has 5 heteroatoms. The molecule has 0 atom stereocenters. The molecule has 1 fully saturated rings. The Kier molecular flexibility index (Phi) is 3.81. The highest BCUT2D eigenvalue weighted by Crippen LogP contribution is 2.38.